The second-order valence-electron chi connectivity index (χ2n) is 10.3. The Bertz CT molecular complexity index is 580. The lowest BCUT2D eigenvalue weighted by Crippen LogP contribution is -1.79. The molecular weight excluding hydrogens is 953 g/mol. The monoisotopic (exact) mass is 1040 g/mol. The van der Waals surface area contributed by atoms with Gasteiger partial charge in [-0.3, -0.25) is 0 Å². The van der Waals surface area contributed by atoms with E-state index in [0.29, 0.717) is 0 Å². The molecule has 0 bridgehead atoms. The third-order valence-corrected chi connectivity index (χ3v) is 21.8. The summed E-state index contributed by atoms with van der Waals surface area (Å²) in [6, 6.07) is 0. The molecule has 0 spiro atoms. The van der Waals surface area contributed by atoms with E-state index in [9.17, 15) is 0 Å². The Morgan fingerprint density at radius 3 is 0.750 bits per heavy atom. The first-order valence-electron chi connectivity index (χ1n) is 20.7. The first kappa shape index (κ1) is 71.5. The highest BCUT2D eigenvalue weighted by atomic mass is 33.1. The fourth-order valence-corrected chi connectivity index (χ4v) is 14.9. The van der Waals surface area contributed by atoms with Crippen LogP contribution in [-0.2, 0) is 0 Å². The molecule has 0 unspecified atom stereocenters. The predicted molar refractivity (Wildman–Crippen MR) is 316 cm³/mol. The third-order valence-electron chi connectivity index (χ3n) is 4.84. The summed E-state index contributed by atoms with van der Waals surface area (Å²) in [6.07, 6.45) is 31.2. The van der Waals surface area contributed by atoms with E-state index in [0.717, 1.165) is 48.7 Å². The Morgan fingerprint density at radius 1 is 0.268 bits per heavy atom. The standard InChI is InChI=1S/2C10H18S2.C6H14S4.2C6H14S2.C4H10S2/c2*1-3-5-7-9-11-12-10-8-6-4-2;1-3-8-10-6-4-5-9-7-2;2*1-3-5-7-8-6-4-2;1-3-5-6-4-2/h2*5-8H,3-4,9-10H2,1-2H3;3-6H2,1-2H3;2*3-6H2,1-2H3;3-4H2,1-2H3. The lowest BCUT2D eigenvalue weighted by atomic mass is 10.4. The van der Waals surface area contributed by atoms with Crippen molar-refractivity contribution in [1.82, 2.24) is 0 Å². The van der Waals surface area contributed by atoms with Crippen molar-refractivity contribution in [3.8, 4) is 0 Å². The number of hydrogen-bond acceptors (Lipinski definition) is 14. The zero-order valence-electron chi connectivity index (χ0n) is 37.9. The van der Waals surface area contributed by atoms with E-state index in [1.165, 1.54) is 83.9 Å². The van der Waals surface area contributed by atoms with Gasteiger partial charge >= 0.3 is 0 Å². The topological polar surface area (TPSA) is 0 Å². The van der Waals surface area contributed by atoms with Crippen molar-refractivity contribution >= 4 is 151 Å². The van der Waals surface area contributed by atoms with E-state index in [-0.39, 0.29) is 0 Å². The van der Waals surface area contributed by atoms with Crippen LogP contribution in [-0.4, -0.2) is 81.0 Å². The van der Waals surface area contributed by atoms with Crippen molar-refractivity contribution in [2.45, 2.75) is 134 Å². The molecule has 0 amide bonds. The Hall–Kier alpha value is 3.86. The Kier molecular flexibility index (Phi) is 110. The van der Waals surface area contributed by atoms with Crippen molar-refractivity contribution < 1.29 is 0 Å². The highest BCUT2D eigenvalue weighted by molar-refractivity contribution is 8.78. The summed E-state index contributed by atoms with van der Waals surface area (Å²) in [4.78, 5) is 0. The second kappa shape index (κ2) is 86.0. The minimum atomic E-state index is 1.14. The van der Waals surface area contributed by atoms with Gasteiger partial charge in [0.2, 0.25) is 0 Å². The molecule has 0 radical (unpaired) electrons. The smallest absolute Gasteiger partial charge is 0.0217 e. The highest BCUT2D eigenvalue weighted by Gasteiger charge is 1.89. The van der Waals surface area contributed by atoms with Crippen molar-refractivity contribution in [2.75, 3.05) is 81.0 Å². The van der Waals surface area contributed by atoms with Crippen LogP contribution in [0.15, 0.2) is 48.6 Å². The molecular formula is C42H88S14. The minimum Gasteiger partial charge on any atom is -0.0976 e. The first-order chi connectivity index (χ1) is 27.5. The fourth-order valence-electron chi connectivity index (χ4n) is 2.43. The average Bonchev–Trinajstić information content (AvgIpc) is 3.22. The van der Waals surface area contributed by atoms with Gasteiger partial charge in [-0.2, -0.15) is 0 Å². The lowest BCUT2D eigenvalue weighted by Gasteiger charge is -1.96. The van der Waals surface area contributed by atoms with Gasteiger partial charge in [0.05, 0.1) is 0 Å². The first-order valence-corrected chi connectivity index (χ1v) is 38.4. The quantitative estimate of drug-likeness (QED) is 0.0341. The van der Waals surface area contributed by atoms with E-state index < -0.39 is 0 Å². The van der Waals surface area contributed by atoms with Gasteiger partial charge in [-0.1, -0.05) is 276 Å². The summed E-state index contributed by atoms with van der Waals surface area (Å²) in [7, 11) is 27.3. The summed E-state index contributed by atoms with van der Waals surface area (Å²) in [5.74, 6) is 16.1. The highest BCUT2D eigenvalue weighted by Crippen LogP contribution is 2.25. The van der Waals surface area contributed by atoms with Crippen LogP contribution < -0.4 is 0 Å². The molecule has 0 nitrogen and oxygen atoms in total. The van der Waals surface area contributed by atoms with Crippen LogP contribution in [0.5, 0.6) is 0 Å². The SMILES string of the molecule is CCC=CCSSCC=CCC.CCC=CCSSCC=CCC.CCCSSCCC.CCCSSCCC.CCSSCC.CCSSCCCSSC. The van der Waals surface area contributed by atoms with Gasteiger partial charge in [-0.25, -0.2) is 0 Å². The van der Waals surface area contributed by atoms with E-state index in [1.54, 1.807) is 0 Å². The van der Waals surface area contributed by atoms with Crippen LogP contribution in [0.4, 0.5) is 0 Å². The van der Waals surface area contributed by atoms with Crippen LogP contribution in [0.3, 0.4) is 0 Å². The van der Waals surface area contributed by atoms with E-state index in [2.05, 4.69) is 131 Å². The van der Waals surface area contributed by atoms with Crippen molar-refractivity contribution in [3.05, 3.63) is 48.6 Å². The molecule has 0 aliphatic heterocycles. The van der Waals surface area contributed by atoms with Crippen LogP contribution in [0.2, 0.25) is 0 Å². The number of allylic oxidation sites excluding steroid dienone is 4. The van der Waals surface area contributed by atoms with Crippen molar-refractivity contribution in [1.29, 1.82) is 0 Å². The molecule has 0 saturated carbocycles. The van der Waals surface area contributed by atoms with E-state index >= 15 is 0 Å². The maximum absolute atomic E-state index is 2.24. The summed E-state index contributed by atoms with van der Waals surface area (Å²) in [5.41, 5.74) is 0. The largest absolute Gasteiger partial charge is 0.0976 e. The summed E-state index contributed by atoms with van der Waals surface area (Å²) >= 11 is 0. The van der Waals surface area contributed by atoms with Crippen LogP contribution >= 0.6 is 151 Å². The molecule has 0 heterocycles. The van der Waals surface area contributed by atoms with Crippen LogP contribution in [0.25, 0.3) is 0 Å². The molecule has 0 fully saturated rings. The third kappa shape index (κ3) is 107. The second-order valence-corrected chi connectivity index (χ2v) is 29.4. The number of rotatable bonds is 34. The van der Waals surface area contributed by atoms with Crippen molar-refractivity contribution in [3.63, 3.8) is 0 Å². The molecule has 14 heteroatoms. The summed E-state index contributed by atoms with van der Waals surface area (Å²) in [6.45, 7) is 24.1. The molecule has 0 aromatic rings. The fraction of sp³-hybridized carbons (Fsp3) is 0.810. The molecule has 0 aliphatic rings. The molecule has 0 rings (SSSR count). The van der Waals surface area contributed by atoms with Gasteiger partial charge in [0.1, 0.15) is 0 Å². The molecule has 0 atom stereocenters. The molecule has 0 aliphatic carbocycles. The van der Waals surface area contributed by atoms with Gasteiger partial charge in [0, 0.05) is 74.8 Å². The van der Waals surface area contributed by atoms with E-state index in [4.69, 9.17) is 0 Å². The predicted octanol–water partition coefficient (Wildman–Crippen LogP) is 21.2. The maximum atomic E-state index is 2.24. The average molecular weight is 1040 g/mol. The zero-order valence-corrected chi connectivity index (χ0v) is 49.3. The van der Waals surface area contributed by atoms with Gasteiger partial charge in [-0.15, -0.1) is 0 Å². The van der Waals surface area contributed by atoms with E-state index in [1.807, 2.05) is 151 Å². The van der Waals surface area contributed by atoms with Crippen molar-refractivity contribution in [2.24, 2.45) is 0 Å². The Morgan fingerprint density at radius 2 is 0.518 bits per heavy atom. The minimum absolute atomic E-state index is 1.14. The Labute approximate surface area is 409 Å². The van der Waals surface area contributed by atoms with Crippen LogP contribution in [0.1, 0.15) is 134 Å². The summed E-state index contributed by atoms with van der Waals surface area (Å²) in [5, 5.41) is 0. The van der Waals surface area contributed by atoms with Gasteiger partial charge < -0.3 is 0 Å². The van der Waals surface area contributed by atoms with Gasteiger partial charge in [0.25, 0.3) is 0 Å². The molecule has 0 saturated heterocycles. The molecule has 340 valence electrons. The summed E-state index contributed by atoms with van der Waals surface area (Å²) < 4.78 is 0. The molecule has 0 N–H and O–H groups in total. The maximum Gasteiger partial charge on any atom is 0.0217 e. The van der Waals surface area contributed by atoms with Gasteiger partial charge in [-0.05, 0) is 64.0 Å². The number of hydrogen-bond donors (Lipinski definition) is 0. The molecule has 0 aromatic heterocycles. The van der Waals surface area contributed by atoms with Gasteiger partial charge in [0.15, 0.2) is 0 Å². The lowest BCUT2D eigenvalue weighted by molar-refractivity contribution is 1.11. The zero-order chi connectivity index (χ0) is 43.1. The van der Waals surface area contributed by atoms with Crippen LogP contribution in [0, 0.1) is 0 Å². The molecule has 0 aromatic carbocycles. The Balaban J connectivity index is -0.000000136. The molecule has 56 heavy (non-hydrogen) atoms. The normalized spacial score (nSPS) is 10.6.